The summed E-state index contributed by atoms with van der Waals surface area (Å²) in [5.74, 6) is 0. The van der Waals surface area contributed by atoms with Gasteiger partial charge in [0, 0.05) is 5.41 Å². The van der Waals surface area contributed by atoms with E-state index in [0.717, 1.165) is 13.8 Å². The predicted octanol–water partition coefficient (Wildman–Crippen LogP) is 3.05. The van der Waals surface area contributed by atoms with Crippen LogP contribution in [0.1, 0.15) is 25.8 Å². The van der Waals surface area contributed by atoms with Gasteiger partial charge < -0.3 is 4.74 Å². The van der Waals surface area contributed by atoms with E-state index >= 15 is 0 Å². The van der Waals surface area contributed by atoms with E-state index in [2.05, 4.69) is 48.3 Å². The molecule has 0 bridgehead atoms. The molecule has 0 aliphatic carbocycles. The number of thiazole rings is 1. The van der Waals surface area contributed by atoms with Crippen LogP contribution < -0.4 is 4.74 Å². The lowest BCUT2D eigenvalue weighted by Crippen LogP contribution is -2.10. The molecule has 0 N–H and O–H groups in total. The van der Waals surface area contributed by atoms with E-state index in [9.17, 15) is 0 Å². The average Bonchev–Trinajstić information content (AvgIpc) is 2.29. The summed E-state index contributed by atoms with van der Waals surface area (Å²) in [5, 5.41) is 2.05. The van der Waals surface area contributed by atoms with E-state index < -0.39 is 0 Å². The quantitative estimate of drug-likeness (QED) is 0.743. The molecular weight excluding hydrogens is 285 g/mol. The van der Waals surface area contributed by atoms with E-state index in [1.54, 1.807) is 18.4 Å². The lowest BCUT2D eigenvalue weighted by atomic mass is 9.98. The van der Waals surface area contributed by atoms with Crippen molar-refractivity contribution in [3.8, 4) is 5.06 Å². The summed E-state index contributed by atoms with van der Waals surface area (Å²) in [7, 11) is 1.68. The van der Waals surface area contributed by atoms with Crippen LogP contribution in [-0.2, 0) is 5.41 Å². The highest BCUT2D eigenvalue weighted by Crippen LogP contribution is 2.34. The summed E-state index contributed by atoms with van der Waals surface area (Å²) in [4.78, 5) is 4.43. The second-order valence-corrected chi connectivity index (χ2v) is 5.53. The van der Waals surface area contributed by atoms with E-state index in [0.29, 0.717) is 0 Å². The predicted molar refractivity (Wildman–Crippen MR) is 60.1 cm³/mol. The molecule has 1 heterocycles. The van der Waals surface area contributed by atoms with Crippen molar-refractivity contribution in [1.29, 1.82) is 0 Å². The number of halogens is 1. The molecule has 0 spiro atoms. The topological polar surface area (TPSA) is 22.1 Å². The van der Waals surface area contributed by atoms with Crippen molar-refractivity contribution in [3.05, 3.63) is 8.71 Å². The molecule has 12 heavy (non-hydrogen) atoms. The summed E-state index contributed by atoms with van der Waals surface area (Å²) in [6.07, 6.45) is 0. The summed E-state index contributed by atoms with van der Waals surface area (Å²) in [5.41, 5.74) is 0.126. The third kappa shape index (κ3) is 2.10. The van der Waals surface area contributed by atoms with Crippen LogP contribution in [0.25, 0.3) is 0 Å². The third-order valence-corrected chi connectivity index (χ3v) is 3.92. The molecular formula is C8H12INOS. The van der Waals surface area contributed by atoms with E-state index in [1.807, 2.05) is 0 Å². The van der Waals surface area contributed by atoms with Crippen LogP contribution in [0.5, 0.6) is 5.06 Å². The first kappa shape index (κ1) is 10.2. The Kier molecular flexibility index (Phi) is 2.98. The molecule has 0 aliphatic rings. The number of ether oxygens (including phenoxy) is 1. The van der Waals surface area contributed by atoms with Gasteiger partial charge in [-0.15, -0.1) is 0 Å². The first-order valence-corrected chi connectivity index (χ1v) is 5.55. The van der Waals surface area contributed by atoms with Gasteiger partial charge in [0.1, 0.15) is 5.01 Å². The number of hydrogen-bond acceptors (Lipinski definition) is 3. The Morgan fingerprint density at radius 1 is 1.42 bits per heavy atom. The standard InChI is InChI=1S/C8H12INOS/c1-8(2,3)7-10-5(9)6(11-4)12-7/h1-4H3. The molecule has 4 heteroatoms. The fourth-order valence-electron chi connectivity index (χ4n) is 0.734. The minimum atomic E-state index is 0.126. The van der Waals surface area contributed by atoms with E-state index in [4.69, 9.17) is 4.74 Å². The van der Waals surface area contributed by atoms with Crippen LogP contribution in [0, 0.1) is 3.70 Å². The highest BCUT2D eigenvalue weighted by molar-refractivity contribution is 14.1. The van der Waals surface area contributed by atoms with Gasteiger partial charge in [0.25, 0.3) is 0 Å². The molecule has 1 aromatic rings. The van der Waals surface area contributed by atoms with Crippen LogP contribution >= 0.6 is 33.9 Å². The first-order valence-electron chi connectivity index (χ1n) is 3.66. The molecule has 2 nitrogen and oxygen atoms in total. The van der Waals surface area contributed by atoms with Gasteiger partial charge in [-0.3, -0.25) is 0 Å². The smallest absolute Gasteiger partial charge is 0.207 e. The maximum Gasteiger partial charge on any atom is 0.207 e. The van der Waals surface area contributed by atoms with Crippen LogP contribution in [-0.4, -0.2) is 12.1 Å². The maximum absolute atomic E-state index is 5.17. The first-order chi connectivity index (χ1) is 5.45. The summed E-state index contributed by atoms with van der Waals surface area (Å²) in [6, 6.07) is 0. The average molecular weight is 297 g/mol. The van der Waals surface area contributed by atoms with Gasteiger partial charge in [-0.25, -0.2) is 4.98 Å². The Bertz CT molecular complexity index is 277. The second kappa shape index (κ2) is 3.49. The fraction of sp³-hybridized carbons (Fsp3) is 0.625. The number of nitrogens with zero attached hydrogens (tertiary/aromatic N) is 1. The molecule has 0 unspecified atom stereocenters. The number of methoxy groups -OCH3 is 1. The van der Waals surface area contributed by atoms with Gasteiger partial charge in [-0.05, 0) is 22.6 Å². The van der Waals surface area contributed by atoms with Gasteiger partial charge in [0.15, 0.2) is 3.70 Å². The Balaban J connectivity index is 3.05. The molecule has 1 rings (SSSR count). The molecule has 0 radical (unpaired) electrons. The molecule has 1 aromatic heterocycles. The van der Waals surface area contributed by atoms with Crippen molar-refractivity contribution >= 4 is 33.9 Å². The Morgan fingerprint density at radius 2 is 2.00 bits per heavy atom. The lowest BCUT2D eigenvalue weighted by molar-refractivity contribution is 0.423. The summed E-state index contributed by atoms with van der Waals surface area (Å²) in [6.45, 7) is 6.46. The molecule has 0 saturated carbocycles. The minimum Gasteiger partial charge on any atom is -0.485 e. The highest BCUT2D eigenvalue weighted by Gasteiger charge is 2.20. The zero-order chi connectivity index (χ0) is 9.35. The summed E-state index contributed by atoms with van der Waals surface area (Å²) >= 11 is 3.82. The largest absolute Gasteiger partial charge is 0.485 e. The van der Waals surface area contributed by atoms with Crippen LogP contribution in [0.4, 0.5) is 0 Å². The molecule has 0 fully saturated rings. The fourth-order valence-corrected chi connectivity index (χ4v) is 2.52. The van der Waals surface area contributed by atoms with Gasteiger partial charge >= 0.3 is 0 Å². The maximum atomic E-state index is 5.17. The molecule has 0 atom stereocenters. The van der Waals surface area contributed by atoms with Gasteiger partial charge in [-0.2, -0.15) is 0 Å². The van der Waals surface area contributed by atoms with Gasteiger partial charge in [-0.1, -0.05) is 32.1 Å². The SMILES string of the molecule is COc1sc(C(C)(C)C)nc1I. The molecule has 0 amide bonds. The number of rotatable bonds is 1. The molecule has 0 aromatic carbocycles. The van der Waals surface area contributed by atoms with Gasteiger partial charge in [0.05, 0.1) is 7.11 Å². The Hall–Kier alpha value is 0.160. The van der Waals surface area contributed by atoms with Gasteiger partial charge in [0.2, 0.25) is 5.06 Å². The van der Waals surface area contributed by atoms with E-state index in [-0.39, 0.29) is 5.41 Å². The zero-order valence-corrected chi connectivity index (χ0v) is 10.6. The van der Waals surface area contributed by atoms with E-state index in [1.165, 1.54) is 0 Å². The van der Waals surface area contributed by atoms with Crippen molar-refractivity contribution < 1.29 is 4.74 Å². The molecule has 0 saturated heterocycles. The number of hydrogen-bond donors (Lipinski definition) is 0. The van der Waals surface area contributed by atoms with Crippen LogP contribution in [0.3, 0.4) is 0 Å². The minimum absolute atomic E-state index is 0.126. The normalized spacial score (nSPS) is 11.8. The Morgan fingerprint density at radius 3 is 2.25 bits per heavy atom. The third-order valence-electron chi connectivity index (χ3n) is 1.38. The monoisotopic (exact) mass is 297 g/mol. The zero-order valence-electron chi connectivity index (χ0n) is 7.64. The van der Waals surface area contributed by atoms with Crippen molar-refractivity contribution in [2.24, 2.45) is 0 Å². The van der Waals surface area contributed by atoms with Crippen LogP contribution in [0.15, 0.2) is 0 Å². The summed E-state index contributed by atoms with van der Waals surface area (Å²) < 4.78 is 6.13. The lowest BCUT2D eigenvalue weighted by Gasteiger charge is -2.12. The van der Waals surface area contributed by atoms with Crippen molar-refractivity contribution in [1.82, 2.24) is 4.98 Å². The van der Waals surface area contributed by atoms with Crippen molar-refractivity contribution in [3.63, 3.8) is 0 Å². The molecule has 0 aliphatic heterocycles. The van der Waals surface area contributed by atoms with Crippen LogP contribution in [0.2, 0.25) is 0 Å². The van der Waals surface area contributed by atoms with Crippen molar-refractivity contribution in [2.45, 2.75) is 26.2 Å². The second-order valence-electron chi connectivity index (χ2n) is 3.55. The number of aromatic nitrogens is 1. The molecule has 68 valence electrons. The highest BCUT2D eigenvalue weighted by atomic mass is 127. The Labute approximate surface area is 90.5 Å². The van der Waals surface area contributed by atoms with Crippen molar-refractivity contribution in [2.75, 3.05) is 7.11 Å².